The van der Waals surface area contributed by atoms with Crippen molar-refractivity contribution < 1.29 is 13.9 Å². The topological polar surface area (TPSA) is 104 Å². The summed E-state index contributed by atoms with van der Waals surface area (Å²) >= 11 is 0. The van der Waals surface area contributed by atoms with Crippen molar-refractivity contribution in [1.29, 1.82) is 0 Å². The Morgan fingerprint density at radius 3 is 2.84 bits per heavy atom. The fourth-order valence-electron chi connectivity index (χ4n) is 4.37. The van der Waals surface area contributed by atoms with Crippen LogP contribution < -0.4 is 20.7 Å². The minimum Gasteiger partial charge on any atom is -0.494 e. The molecular formula is C28H28FN7O2. The van der Waals surface area contributed by atoms with Gasteiger partial charge >= 0.3 is 0 Å². The molecule has 2 aromatic carbocycles. The number of benzene rings is 2. The van der Waals surface area contributed by atoms with Crippen LogP contribution in [0.15, 0.2) is 73.6 Å². The summed E-state index contributed by atoms with van der Waals surface area (Å²) in [6.07, 6.45) is 4.67. The average molecular weight is 514 g/mol. The molecule has 1 amide bonds. The highest BCUT2D eigenvalue weighted by molar-refractivity contribution is 5.99. The molecule has 3 N–H and O–H groups in total. The molecule has 1 aliphatic heterocycles. The number of carbonyl (C=O) groups is 1. The maximum atomic E-state index is 12.5. The number of carbonyl (C=O) groups excluding carboxylic acids is 1. The first-order chi connectivity index (χ1) is 18.6. The number of amides is 1. The van der Waals surface area contributed by atoms with Gasteiger partial charge in [0, 0.05) is 60.4 Å². The summed E-state index contributed by atoms with van der Waals surface area (Å²) in [7, 11) is 1.61. The predicted molar refractivity (Wildman–Crippen MR) is 148 cm³/mol. The van der Waals surface area contributed by atoms with E-state index in [9.17, 15) is 9.18 Å². The fourth-order valence-corrected chi connectivity index (χ4v) is 4.37. The highest BCUT2D eigenvalue weighted by Gasteiger charge is 2.26. The van der Waals surface area contributed by atoms with Gasteiger partial charge in [0.2, 0.25) is 11.9 Å². The van der Waals surface area contributed by atoms with Crippen molar-refractivity contribution >= 4 is 39.8 Å². The number of anilines is 4. The van der Waals surface area contributed by atoms with Crippen molar-refractivity contribution in [2.75, 3.05) is 49.4 Å². The molecule has 1 saturated heterocycles. The quantitative estimate of drug-likeness (QED) is 0.264. The van der Waals surface area contributed by atoms with E-state index in [2.05, 4.69) is 37.4 Å². The highest BCUT2D eigenvalue weighted by atomic mass is 19.1. The van der Waals surface area contributed by atoms with Crippen LogP contribution in [0.5, 0.6) is 5.75 Å². The lowest BCUT2D eigenvalue weighted by atomic mass is 10.1. The number of alkyl halides is 1. The number of fused-ring (bicyclic) bond motifs is 1. The van der Waals surface area contributed by atoms with Crippen molar-refractivity contribution in [1.82, 2.24) is 19.9 Å². The number of halogens is 1. The standard InChI is InChI=1S/C28H28FN7O2/c1-3-25(37)33-20-6-4-5-18(13-20)26-27-19(9-11-30-26)15-31-28(35-27)34-23-8-7-21(14-24(23)38-2)32-22-16-36(17-22)12-10-29/h3-9,11,13-15,22,32H,1,10,12,16-17H2,2H3,(H,33,37)(H,31,34,35). The van der Waals surface area contributed by atoms with Gasteiger partial charge in [0.05, 0.1) is 24.5 Å². The highest BCUT2D eigenvalue weighted by Crippen LogP contribution is 2.32. The molecule has 3 heterocycles. The van der Waals surface area contributed by atoms with Crippen molar-refractivity contribution in [2.24, 2.45) is 0 Å². The number of aromatic nitrogens is 3. The van der Waals surface area contributed by atoms with Crippen LogP contribution in [0.2, 0.25) is 0 Å². The Morgan fingerprint density at radius 1 is 1.18 bits per heavy atom. The Kier molecular flexibility index (Phi) is 7.41. The van der Waals surface area contributed by atoms with Gasteiger partial charge in [0.25, 0.3) is 0 Å². The summed E-state index contributed by atoms with van der Waals surface area (Å²) in [5.74, 6) is 0.738. The molecule has 9 nitrogen and oxygen atoms in total. The minimum absolute atomic E-state index is 0.281. The molecule has 0 saturated carbocycles. The van der Waals surface area contributed by atoms with Gasteiger partial charge in [-0.2, -0.15) is 0 Å². The average Bonchev–Trinajstić information content (AvgIpc) is 2.92. The Hall–Kier alpha value is -4.57. The van der Waals surface area contributed by atoms with Crippen LogP contribution >= 0.6 is 0 Å². The molecule has 38 heavy (non-hydrogen) atoms. The Labute approximate surface area is 219 Å². The molecular weight excluding hydrogens is 485 g/mol. The lowest BCUT2D eigenvalue weighted by molar-refractivity contribution is -0.111. The molecule has 1 fully saturated rings. The number of hydrogen-bond donors (Lipinski definition) is 3. The smallest absolute Gasteiger partial charge is 0.247 e. The predicted octanol–water partition coefficient (Wildman–Crippen LogP) is 4.63. The molecule has 1 aliphatic rings. The Morgan fingerprint density at radius 2 is 2.05 bits per heavy atom. The van der Waals surface area contributed by atoms with Crippen molar-refractivity contribution in [3.05, 3.63) is 73.6 Å². The number of pyridine rings is 1. The molecule has 0 unspecified atom stereocenters. The number of hydrogen-bond acceptors (Lipinski definition) is 8. The third kappa shape index (κ3) is 5.55. The van der Waals surface area contributed by atoms with Crippen molar-refractivity contribution in [3.63, 3.8) is 0 Å². The van der Waals surface area contributed by atoms with E-state index in [1.165, 1.54) is 6.08 Å². The first-order valence-corrected chi connectivity index (χ1v) is 12.2. The zero-order valence-corrected chi connectivity index (χ0v) is 20.9. The van der Waals surface area contributed by atoms with Gasteiger partial charge < -0.3 is 20.7 Å². The van der Waals surface area contributed by atoms with E-state index in [1.807, 2.05) is 42.5 Å². The Balaban J connectivity index is 1.38. The van der Waals surface area contributed by atoms with Crippen LogP contribution in [0.1, 0.15) is 0 Å². The number of nitrogens with one attached hydrogen (secondary N) is 3. The summed E-state index contributed by atoms with van der Waals surface area (Å²) in [5.41, 5.74) is 4.40. The van der Waals surface area contributed by atoms with E-state index in [0.29, 0.717) is 40.8 Å². The molecule has 0 spiro atoms. The molecule has 0 radical (unpaired) electrons. The molecule has 4 aromatic rings. The van der Waals surface area contributed by atoms with E-state index in [-0.39, 0.29) is 18.6 Å². The minimum atomic E-state index is -0.324. The first kappa shape index (κ1) is 25.1. The molecule has 0 atom stereocenters. The lowest BCUT2D eigenvalue weighted by Crippen LogP contribution is -2.55. The van der Waals surface area contributed by atoms with Crippen LogP contribution in [-0.4, -0.2) is 65.2 Å². The lowest BCUT2D eigenvalue weighted by Gasteiger charge is -2.39. The molecule has 194 valence electrons. The van der Waals surface area contributed by atoms with E-state index in [0.717, 1.165) is 29.7 Å². The maximum absolute atomic E-state index is 12.5. The van der Waals surface area contributed by atoms with Gasteiger partial charge in [-0.25, -0.2) is 14.4 Å². The van der Waals surface area contributed by atoms with Gasteiger partial charge in [-0.3, -0.25) is 14.7 Å². The van der Waals surface area contributed by atoms with Crippen LogP contribution in [0.3, 0.4) is 0 Å². The van der Waals surface area contributed by atoms with Gasteiger partial charge in [-0.05, 0) is 36.4 Å². The molecule has 0 bridgehead atoms. The third-order valence-electron chi connectivity index (χ3n) is 6.26. The number of methoxy groups -OCH3 is 1. The molecule has 0 aliphatic carbocycles. The molecule has 2 aromatic heterocycles. The van der Waals surface area contributed by atoms with Crippen molar-refractivity contribution in [3.8, 4) is 17.0 Å². The van der Waals surface area contributed by atoms with Crippen LogP contribution in [-0.2, 0) is 4.79 Å². The first-order valence-electron chi connectivity index (χ1n) is 12.2. The number of nitrogens with zero attached hydrogens (tertiary/aromatic N) is 4. The second-order valence-corrected chi connectivity index (χ2v) is 8.90. The van der Waals surface area contributed by atoms with E-state index < -0.39 is 0 Å². The number of rotatable bonds is 10. The van der Waals surface area contributed by atoms with Gasteiger partial charge in [-0.15, -0.1) is 0 Å². The Bertz CT molecular complexity index is 1470. The van der Waals surface area contributed by atoms with Crippen molar-refractivity contribution in [2.45, 2.75) is 6.04 Å². The van der Waals surface area contributed by atoms with E-state index in [4.69, 9.17) is 9.72 Å². The van der Waals surface area contributed by atoms with Crippen LogP contribution in [0, 0.1) is 0 Å². The van der Waals surface area contributed by atoms with E-state index in [1.54, 1.807) is 25.6 Å². The SMILES string of the molecule is C=CC(=O)Nc1cccc(-c2nccc3cnc(Nc4ccc(NC5CN(CCF)C5)cc4OC)nc23)c1. The summed E-state index contributed by atoms with van der Waals surface area (Å²) < 4.78 is 18.1. The van der Waals surface area contributed by atoms with E-state index >= 15 is 0 Å². The maximum Gasteiger partial charge on any atom is 0.247 e. The normalized spacial score (nSPS) is 13.5. The summed E-state index contributed by atoms with van der Waals surface area (Å²) in [6, 6.07) is 15.3. The zero-order chi connectivity index (χ0) is 26.5. The fraction of sp³-hybridized carbons (Fsp3) is 0.214. The molecule has 5 rings (SSSR count). The summed E-state index contributed by atoms with van der Waals surface area (Å²) in [5, 5.41) is 10.3. The molecule has 10 heteroatoms. The monoisotopic (exact) mass is 513 g/mol. The largest absolute Gasteiger partial charge is 0.494 e. The second kappa shape index (κ2) is 11.2. The number of likely N-dealkylation sites (tertiary alicyclic amines) is 1. The van der Waals surface area contributed by atoms with Crippen LogP contribution in [0.4, 0.5) is 27.4 Å². The van der Waals surface area contributed by atoms with Gasteiger partial charge in [-0.1, -0.05) is 18.7 Å². The second-order valence-electron chi connectivity index (χ2n) is 8.90. The number of ether oxygens (including phenoxy) is 1. The van der Waals surface area contributed by atoms with Crippen LogP contribution in [0.25, 0.3) is 22.2 Å². The summed E-state index contributed by atoms with van der Waals surface area (Å²) in [4.78, 5) is 27.6. The third-order valence-corrected chi connectivity index (χ3v) is 6.26. The zero-order valence-electron chi connectivity index (χ0n) is 20.9. The summed E-state index contributed by atoms with van der Waals surface area (Å²) in [6.45, 7) is 5.28. The van der Waals surface area contributed by atoms with Gasteiger partial charge in [0.1, 0.15) is 17.9 Å². The van der Waals surface area contributed by atoms with Gasteiger partial charge in [0.15, 0.2) is 0 Å².